The van der Waals surface area contributed by atoms with Crippen LogP contribution in [-0.4, -0.2) is 35.2 Å². The zero-order valence-electron chi connectivity index (χ0n) is 10.1. The molecule has 0 bridgehead atoms. The minimum absolute atomic E-state index is 0.210. The molecule has 2 rings (SSSR count). The lowest BCUT2D eigenvalue weighted by Crippen LogP contribution is -2.46. The Balaban J connectivity index is 1.84. The van der Waals surface area contributed by atoms with Crippen LogP contribution in [0.1, 0.15) is 18.4 Å². The number of carbonyl (C=O) groups is 1. The van der Waals surface area contributed by atoms with E-state index in [1.807, 2.05) is 0 Å². The maximum atomic E-state index is 12.9. The summed E-state index contributed by atoms with van der Waals surface area (Å²) in [4.78, 5) is 13.4. The van der Waals surface area contributed by atoms with Gasteiger partial charge in [-0.1, -0.05) is 12.1 Å². The zero-order valence-corrected chi connectivity index (χ0v) is 10.1. The molecule has 1 fully saturated rings. The number of nitrogens with zero attached hydrogens (tertiary/aromatic N) is 1. The van der Waals surface area contributed by atoms with Crippen molar-refractivity contribution in [1.29, 1.82) is 0 Å². The predicted octanol–water partition coefficient (Wildman–Crippen LogP) is 1.49. The van der Waals surface area contributed by atoms with Gasteiger partial charge in [0.15, 0.2) is 0 Å². The van der Waals surface area contributed by atoms with Crippen LogP contribution in [0.4, 0.5) is 9.18 Å². The molecule has 18 heavy (non-hydrogen) atoms. The molecule has 1 aliphatic rings. The number of nitrogens with one attached hydrogen (secondary N) is 1. The third-order valence-electron chi connectivity index (χ3n) is 3.02. The van der Waals surface area contributed by atoms with Gasteiger partial charge in [-0.3, -0.25) is 0 Å². The fourth-order valence-electron chi connectivity index (χ4n) is 2.08. The minimum atomic E-state index is -0.432. The van der Waals surface area contributed by atoms with Crippen molar-refractivity contribution < 1.29 is 14.3 Å². The number of hydrogen-bond donors (Lipinski definition) is 2. The molecular formula is C13H17FN2O2. The molecule has 1 aromatic carbocycles. The Hall–Kier alpha value is -1.62. The standard InChI is InChI=1S/C13H17FN2O2/c14-11-4-1-3-10(7-11)8-15-13(18)16-6-2-5-12(17)9-16/h1,3-4,7,12,17H,2,5-6,8-9H2,(H,15,18). The van der Waals surface area contributed by atoms with Crippen molar-refractivity contribution in [3.63, 3.8) is 0 Å². The first kappa shape index (κ1) is 12.8. The maximum absolute atomic E-state index is 12.9. The van der Waals surface area contributed by atoms with Gasteiger partial charge in [0.1, 0.15) is 5.82 Å². The molecule has 98 valence electrons. The number of β-amino-alcohol motifs (C(OH)–C–C–N with tert-alkyl or cyclic N) is 1. The number of aliphatic hydroxyl groups excluding tert-OH is 1. The SMILES string of the molecule is O=C(NCc1cccc(F)c1)N1CCCC(O)C1. The number of benzene rings is 1. The van der Waals surface area contributed by atoms with Gasteiger partial charge >= 0.3 is 6.03 Å². The van der Waals surface area contributed by atoms with E-state index in [0.29, 0.717) is 19.6 Å². The van der Waals surface area contributed by atoms with Gasteiger partial charge in [0, 0.05) is 19.6 Å². The highest BCUT2D eigenvalue weighted by Gasteiger charge is 2.21. The molecule has 2 amide bonds. The number of hydrogen-bond acceptors (Lipinski definition) is 2. The van der Waals surface area contributed by atoms with Crippen LogP contribution < -0.4 is 5.32 Å². The Kier molecular flexibility index (Phi) is 4.15. The lowest BCUT2D eigenvalue weighted by Gasteiger charge is -2.30. The fraction of sp³-hybridized carbons (Fsp3) is 0.462. The second-order valence-electron chi connectivity index (χ2n) is 4.53. The Morgan fingerprint density at radius 1 is 1.56 bits per heavy atom. The van der Waals surface area contributed by atoms with Gasteiger partial charge in [0.05, 0.1) is 6.10 Å². The first-order valence-corrected chi connectivity index (χ1v) is 6.10. The Bertz CT molecular complexity index is 425. The average Bonchev–Trinajstić information content (AvgIpc) is 2.36. The van der Waals surface area contributed by atoms with Crippen LogP contribution >= 0.6 is 0 Å². The summed E-state index contributed by atoms with van der Waals surface area (Å²) < 4.78 is 12.9. The van der Waals surface area contributed by atoms with Crippen LogP contribution in [0.2, 0.25) is 0 Å². The van der Waals surface area contributed by atoms with E-state index in [1.165, 1.54) is 12.1 Å². The highest BCUT2D eigenvalue weighted by molar-refractivity contribution is 5.74. The van der Waals surface area contributed by atoms with Gasteiger partial charge in [-0.2, -0.15) is 0 Å². The Labute approximate surface area is 105 Å². The number of aliphatic hydroxyl groups is 1. The maximum Gasteiger partial charge on any atom is 0.317 e. The van der Waals surface area contributed by atoms with Gasteiger partial charge in [-0.25, -0.2) is 9.18 Å². The molecule has 0 aromatic heterocycles. The van der Waals surface area contributed by atoms with Crippen LogP contribution in [0.5, 0.6) is 0 Å². The highest BCUT2D eigenvalue weighted by Crippen LogP contribution is 2.10. The van der Waals surface area contributed by atoms with Crippen molar-refractivity contribution in [1.82, 2.24) is 10.2 Å². The summed E-state index contributed by atoms with van der Waals surface area (Å²) in [6.45, 7) is 1.32. The average molecular weight is 252 g/mol. The normalized spacial score (nSPS) is 19.7. The molecule has 1 saturated heterocycles. The second kappa shape index (κ2) is 5.82. The van der Waals surface area contributed by atoms with E-state index in [0.717, 1.165) is 18.4 Å². The van der Waals surface area contributed by atoms with Gasteiger partial charge < -0.3 is 15.3 Å². The molecule has 2 N–H and O–H groups in total. The van der Waals surface area contributed by atoms with E-state index in [9.17, 15) is 14.3 Å². The van der Waals surface area contributed by atoms with Crippen LogP contribution in [0.3, 0.4) is 0 Å². The van der Waals surface area contributed by atoms with E-state index in [2.05, 4.69) is 5.32 Å². The van der Waals surface area contributed by atoms with E-state index in [-0.39, 0.29) is 11.8 Å². The van der Waals surface area contributed by atoms with E-state index in [4.69, 9.17) is 0 Å². The summed E-state index contributed by atoms with van der Waals surface area (Å²) in [5.41, 5.74) is 0.723. The lowest BCUT2D eigenvalue weighted by atomic mass is 10.1. The highest BCUT2D eigenvalue weighted by atomic mass is 19.1. The third kappa shape index (κ3) is 3.43. The fourth-order valence-corrected chi connectivity index (χ4v) is 2.08. The van der Waals surface area contributed by atoms with Crippen molar-refractivity contribution in [2.45, 2.75) is 25.5 Å². The topological polar surface area (TPSA) is 52.6 Å². The number of likely N-dealkylation sites (tertiary alicyclic amines) is 1. The summed E-state index contributed by atoms with van der Waals surface area (Å²) in [5.74, 6) is -0.310. The largest absolute Gasteiger partial charge is 0.391 e. The molecule has 0 saturated carbocycles. The number of piperidine rings is 1. The molecule has 1 heterocycles. The van der Waals surface area contributed by atoms with E-state index < -0.39 is 6.10 Å². The zero-order chi connectivity index (χ0) is 13.0. The summed E-state index contributed by atoms with van der Waals surface area (Å²) in [5, 5.41) is 12.2. The summed E-state index contributed by atoms with van der Waals surface area (Å²) in [7, 11) is 0. The smallest absolute Gasteiger partial charge is 0.317 e. The quantitative estimate of drug-likeness (QED) is 0.838. The Morgan fingerprint density at radius 3 is 3.11 bits per heavy atom. The molecule has 4 nitrogen and oxygen atoms in total. The molecular weight excluding hydrogens is 235 g/mol. The number of urea groups is 1. The van der Waals surface area contributed by atoms with Crippen LogP contribution in [-0.2, 0) is 6.54 Å². The monoisotopic (exact) mass is 252 g/mol. The first-order chi connectivity index (χ1) is 8.65. The van der Waals surface area contributed by atoms with Crippen molar-refractivity contribution >= 4 is 6.03 Å². The molecule has 0 aliphatic carbocycles. The van der Waals surface area contributed by atoms with Crippen molar-refractivity contribution in [3.05, 3.63) is 35.6 Å². The number of halogens is 1. The third-order valence-corrected chi connectivity index (χ3v) is 3.02. The van der Waals surface area contributed by atoms with Gasteiger partial charge in [-0.05, 0) is 30.5 Å². The van der Waals surface area contributed by atoms with E-state index in [1.54, 1.807) is 17.0 Å². The summed E-state index contributed by atoms with van der Waals surface area (Å²) in [6.07, 6.45) is 1.13. The van der Waals surface area contributed by atoms with Gasteiger partial charge in [-0.15, -0.1) is 0 Å². The van der Waals surface area contributed by atoms with Crippen molar-refractivity contribution in [2.24, 2.45) is 0 Å². The summed E-state index contributed by atoms with van der Waals surface area (Å²) in [6, 6.07) is 5.92. The number of carbonyl (C=O) groups excluding carboxylic acids is 1. The molecule has 1 aromatic rings. The molecule has 1 unspecified atom stereocenters. The second-order valence-corrected chi connectivity index (χ2v) is 4.53. The first-order valence-electron chi connectivity index (χ1n) is 6.10. The molecule has 0 spiro atoms. The number of amides is 2. The van der Waals surface area contributed by atoms with Crippen molar-refractivity contribution in [3.8, 4) is 0 Å². The lowest BCUT2D eigenvalue weighted by molar-refractivity contribution is 0.0842. The Morgan fingerprint density at radius 2 is 2.39 bits per heavy atom. The molecule has 1 atom stereocenters. The molecule has 1 aliphatic heterocycles. The predicted molar refractivity (Wildman–Crippen MR) is 65.4 cm³/mol. The van der Waals surface area contributed by atoms with Crippen LogP contribution in [0, 0.1) is 5.82 Å². The van der Waals surface area contributed by atoms with Gasteiger partial charge in [0.2, 0.25) is 0 Å². The van der Waals surface area contributed by atoms with E-state index >= 15 is 0 Å². The summed E-state index contributed by atoms with van der Waals surface area (Å²) >= 11 is 0. The van der Waals surface area contributed by atoms with Crippen LogP contribution in [0.25, 0.3) is 0 Å². The molecule has 0 radical (unpaired) electrons. The minimum Gasteiger partial charge on any atom is -0.391 e. The molecule has 5 heteroatoms. The van der Waals surface area contributed by atoms with Crippen molar-refractivity contribution in [2.75, 3.05) is 13.1 Å². The van der Waals surface area contributed by atoms with Gasteiger partial charge in [0.25, 0.3) is 0 Å². The van der Waals surface area contributed by atoms with Crippen LogP contribution in [0.15, 0.2) is 24.3 Å². The number of rotatable bonds is 2.